The van der Waals surface area contributed by atoms with Gasteiger partial charge in [0, 0.05) is 32.4 Å². The molecule has 0 unspecified atom stereocenters. The average molecular weight is 233 g/mol. The van der Waals surface area contributed by atoms with Gasteiger partial charge in [-0.3, -0.25) is 4.98 Å². The number of para-hydroxylation sites is 1. The minimum atomic E-state index is 0. The lowest BCUT2D eigenvalue weighted by Crippen LogP contribution is -1.87. The Kier molecular flexibility index (Phi) is 6.05. The fourth-order valence-electron chi connectivity index (χ4n) is 1.42. The van der Waals surface area contributed by atoms with E-state index in [1.165, 1.54) is 5.39 Å². The van der Waals surface area contributed by atoms with Crippen LogP contribution in [-0.2, 0) is 0 Å². The first-order chi connectivity index (χ1) is 8.47. The molecule has 87 valence electrons. The third-order valence-corrected chi connectivity index (χ3v) is 2.23. The van der Waals surface area contributed by atoms with Crippen LogP contribution in [0.25, 0.3) is 10.9 Å². The number of aromatic nitrogens is 1. The van der Waals surface area contributed by atoms with Gasteiger partial charge in [0.15, 0.2) is 0 Å². The fraction of sp³-hybridized carbons (Fsp3) is 0. The highest BCUT2D eigenvalue weighted by molar-refractivity contribution is 5.77. The molecule has 3 rings (SSSR count). The van der Waals surface area contributed by atoms with Crippen LogP contribution in [0, 0.1) is 0 Å². The predicted molar refractivity (Wildman–Crippen MR) is 78.1 cm³/mol. The monoisotopic (exact) mass is 233 g/mol. The SMILES string of the molecule is C1=CC=CNC=C1.[B].c1ccc2ncccc2c1. The van der Waals surface area contributed by atoms with Crippen molar-refractivity contribution in [1.29, 1.82) is 0 Å². The molecule has 1 aromatic heterocycles. The summed E-state index contributed by atoms with van der Waals surface area (Å²) in [4.78, 5) is 4.18. The molecule has 1 aromatic carbocycles. The summed E-state index contributed by atoms with van der Waals surface area (Å²) in [5, 5.41) is 4.12. The molecule has 1 N–H and O–H groups in total. The topological polar surface area (TPSA) is 24.9 Å². The van der Waals surface area contributed by atoms with Crippen LogP contribution >= 0.6 is 0 Å². The minimum absolute atomic E-state index is 0. The van der Waals surface area contributed by atoms with Gasteiger partial charge in [-0.1, -0.05) is 36.4 Å². The van der Waals surface area contributed by atoms with Gasteiger partial charge in [0.25, 0.3) is 0 Å². The summed E-state index contributed by atoms with van der Waals surface area (Å²) in [5.74, 6) is 0. The van der Waals surface area contributed by atoms with E-state index >= 15 is 0 Å². The number of nitrogens with zero attached hydrogens (tertiary/aromatic N) is 1. The Morgan fingerprint density at radius 3 is 2.17 bits per heavy atom. The minimum Gasteiger partial charge on any atom is -0.368 e. The van der Waals surface area contributed by atoms with E-state index in [-0.39, 0.29) is 8.41 Å². The van der Waals surface area contributed by atoms with E-state index in [1.54, 1.807) is 0 Å². The first-order valence-corrected chi connectivity index (χ1v) is 5.51. The van der Waals surface area contributed by atoms with Crippen molar-refractivity contribution in [2.24, 2.45) is 0 Å². The van der Waals surface area contributed by atoms with Crippen LogP contribution in [0.5, 0.6) is 0 Å². The van der Waals surface area contributed by atoms with Gasteiger partial charge >= 0.3 is 0 Å². The van der Waals surface area contributed by atoms with Crippen LogP contribution in [0.3, 0.4) is 0 Å². The number of allylic oxidation sites excluding steroid dienone is 4. The molecule has 0 atom stereocenters. The number of benzene rings is 1. The molecule has 0 saturated carbocycles. The molecular formula is C15H14BN2. The number of rotatable bonds is 0. The number of pyridine rings is 1. The molecule has 18 heavy (non-hydrogen) atoms. The quantitative estimate of drug-likeness (QED) is 0.707. The molecule has 2 nitrogen and oxygen atoms in total. The van der Waals surface area contributed by atoms with Crippen molar-refractivity contribution in [2.75, 3.05) is 0 Å². The fourth-order valence-corrected chi connectivity index (χ4v) is 1.42. The molecule has 0 saturated heterocycles. The zero-order chi connectivity index (χ0) is 11.8. The Balaban J connectivity index is 0.000000181. The van der Waals surface area contributed by atoms with E-state index in [1.807, 2.05) is 67.2 Å². The van der Waals surface area contributed by atoms with Gasteiger partial charge in [-0.2, -0.15) is 0 Å². The van der Waals surface area contributed by atoms with Crippen molar-refractivity contribution < 1.29 is 0 Å². The molecule has 2 heterocycles. The second kappa shape index (κ2) is 7.90. The molecule has 0 aliphatic carbocycles. The van der Waals surface area contributed by atoms with Gasteiger partial charge in [-0.15, -0.1) is 0 Å². The normalized spacial score (nSPS) is 11.8. The highest BCUT2D eigenvalue weighted by atomic mass is 14.8. The van der Waals surface area contributed by atoms with E-state index in [9.17, 15) is 0 Å². The van der Waals surface area contributed by atoms with Gasteiger partial charge in [-0.25, -0.2) is 0 Å². The third-order valence-electron chi connectivity index (χ3n) is 2.23. The zero-order valence-corrected chi connectivity index (χ0v) is 10.0. The summed E-state index contributed by atoms with van der Waals surface area (Å²) >= 11 is 0. The number of nitrogens with one attached hydrogen (secondary N) is 1. The van der Waals surface area contributed by atoms with Crippen LogP contribution in [0.15, 0.2) is 79.3 Å². The molecule has 1 aliphatic rings. The lowest BCUT2D eigenvalue weighted by atomic mass is 10.2. The van der Waals surface area contributed by atoms with Crippen molar-refractivity contribution in [1.82, 2.24) is 10.3 Å². The van der Waals surface area contributed by atoms with E-state index in [4.69, 9.17) is 0 Å². The number of hydrogen-bond acceptors (Lipinski definition) is 2. The average Bonchev–Trinajstić information content (AvgIpc) is 2.72. The zero-order valence-electron chi connectivity index (χ0n) is 10.0. The molecule has 0 fully saturated rings. The maximum atomic E-state index is 4.18. The lowest BCUT2D eigenvalue weighted by molar-refractivity contribution is 1.20. The van der Waals surface area contributed by atoms with Crippen LogP contribution in [-0.4, -0.2) is 13.4 Å². The van der Waals surface area contributed by atoms with Gasteiger partial charge in [0.1, 0.15) is 0 Å². The van der Waals surface area contributed by atoms with Gasteiger partial charge in [-0.05, 0) is 24.3 Å². The van der Waals surface area contributed by atoms with Gasteiger partial charge in [0.2, 0.25) is 0 Å². The number of hydrogen-bond donors (Lipinski definition) is 1. The largest absolute Gasteiger partial charge is 0.368 e. The summed E-state index contributed by atoms with van der Waals surface area (Å²) in [6, 6.07) is 12.1. The van der Waals surface area contributed by atoms with Crippen molar-refractivity contribution in [3.8, 4) is 0 Å². The Morgan fingerprint density at radius 2 is 1.44 bits per heavy atom. The first-order valence-electron chi connectivity index (χ1n) is 5.51. The Bertz CT molecular complexity index is 480. The predicted octanol–water partition coefficient (Wildman–Crippen LogP) is 3.03. The van der Waals surface area contributed by atoms with Gasteiger partial charge < -0.3 is 5.32 Å². The molecular weight excluding hydrogens is 219 g/mol. The van der Waals surface area contributed by atoms with Crippen molar-refractivity contribution >= 4 is 19.3 Å². The Morgan fingerprint density at radius 1 is 0.778 bits per heavy atom. The Hall–Kier alpha value is -2.29. The van der Waals surface area contributed by atoms with E-state index < -0.39 is 0 Å². The molecule has 0 amide bonds. The van der Waals surface area contributed by atoms with Crippen molar-refractivity contribution in [2.45, 2.75) is 0 Å². The Labute approximate surface area is 109 Å². The van der Waals surface area contributed by atoms with Crippen molar-refractivity contribution in [3.63, 3.8) is 0 Å². The van der Waals surface area contributed by atoms with E-state index in [0.29, 0.717) is 0 Å². The standard InChI is InChI=1S/C9H7N.C6H7N.B/c1-2-6-9-8(4-1)5-3-7-10-9;1-2-4-6-7-5-3-1;/h1-7H;1-7H;. The highest BCUT2D eigenvalue weighted by Crippen LogP contribution is 2.07. The molecule has 2 aromatic rings. The maximum Gasteiger partial charge on any atom is 0.0701 e. The van der Waals surface area contributed by atoms with E-state index in [2.05, 4.69) is 22.4 Å². The number of fused-ring (bicyclic) bond motifs is 1. The van der Waals surface area contributed by atoms with Crippen LogP contribution in [0.1, 0.15) is 0 Å². The smallest absolute Gasteiger partial charge is 0.0701 e. The molecule has 3 radical (unpaired) electrons. The van der Waals surface area contributed by atoms with Crippen LogP contribution in [0.2, 0.25) is 0 Å². The van der Waals surface area contributed by atoms with Crippen molar-refractivity contribution in [3.05, 3.63) is 79.3 Å². The maximum absolute atomic E-state index is 4.18. The molecule has 0 spiro atoms. The summed E-state index contributed by atoms with van der Waals surface area (Å²) in [6.07, 6.45) is 13.4. The lowest BCUT2D eigenvalue weighted by Gasteiger charge is -1.91. The summed E-state index contributed by atoms with van der Waals surface area (Å²) in [6.45, 7) is 0. The van der Waals surface area contributed by atoms with Crippen LogP contribution < -0.4 is 5.32 Å². The van der Waals surface area contributed by atoms with Crippen LogP contribution in [0.4, 0.5) is 0 Å². The second-order valence-corrected chi connectivity index (χ2v) is 3.47. The highest BCUT2D eigenvalue weighted by Gasteiger charge is 1.86. The molecule has 3 heteroatoms. The third kappa shape index (κ3) is 4.30. The summed E-state index contributed by atoms with van der Waals surface area (Å²) in [7, 11) is 0. The first kappa shape index (κ1) is 13.8. The summed E-state index contributed by atoms with van der Waals surface area (Å²) < 4.78 is 0. The van der Waals surface area contributed by atoms with Gasteiger partial charge in [0.05, 0.1) is 5.52 Å². The van der Waals surface area contributed by atoms with E-state index in [0.717, 1.165) is 5.52 Å². The molecule has 0 bridgehead atoms. The summed E-state index contributed by atoms with van der Waals surface area (Å²) in [5.41, 5.74) is 1.06. The second-order valence-electron chi connectivity index (χ2n) is 3.47. The molecule has 1 aliphatic heterocycles.